The van der Waals surface area contributed by atoms with Gasteiger partial charge in [-0.25, -0.2) is 4.98 Å². The molecule has 0 aliphatic carbocycles. The van der Waals surface area contributed by atoms with Crippen LogP contribution in [0.15, 0.2) is 22.8 Å². The highest BCUT2D eigenvalue weighted by molar-refractivity contribution is 9.10. The molecule has 1 aromatic heterocycles. The summed E-state index contributed by atoms with van der Waals surface area (Å²) in [4.78, 5) is 4.18. The Morgan fingerprint density at radius 1 is 1.28 bits per heavy atom. The third kappa shape index (κ3) is 2.03. The zero-order valence-corrected chi connectivity index (χ0v) is 12.0. The Balaban J connectivity index is 2.68. The maximum atomic E-state index is 5.79. The largest absolute Gasteiger partial charge is 0.497 e. The Labute approximate surface area is 114 Å². The molecule has 2 N–H and O–H groups in total. The third-order valence-corrected chi connectivity index (χ3v) is 3.30. The van der Waals surface area contributed by atoms with E-state index in [0.29, 0.717) is 10.6 Å². The molecule has 2 rings (SSSR count). The van der Waals surface area contributed by atoms with Crippen LogP contribution in [0.3, 0.4) is 0 Å². The first-order chi connectivity index (χ1) is 8.58. The SMILES string of the molecule is COc1ccc(OC)c(-c2c(Br)nc(N)n2C)c1. The average Bonchev–Trinajstić information content (AvgIpc) is 2.62. The van der Waals surface area contributed by atoms with E-state index in [2.05, 4.69) is 20.9 Å². The predicted octanol–water partition coefficient (Wildman–Crippen LogP) is 2.45. The van der Waals surface area contributed by atoms with E-state index in [1.54, 1.807) is 18.8 Å². The average molecular weight is 312 g/mol. The molecule has 1 heterocycles. The quantitative estimate of drug-likeness (QED) is 0.945. The van der Waals surface area contributed by atoms with Gasteiger partial charge in [0.15, 0.2) is 0 Å². The molecule has 1 aromatic carbocycles. The van der Waals surface area contributed by atoms with Crippen molar-refractivity contribution in [2.75, 3.05) is 20.0 Å². The first kappa shape index (κ1) is 12.8. The van der Waals surface area contributed by atoms with Crippen LogP contribution in [0.1, 0.15) is 0 Å². The van der Waals surface area contributed by atoms with Crippen molar-refractivity contribution in [3.8, 4) is 22.8 Å². The number of rotatable bonds is 3. The number of aromatic nitrogens is 2. The number of methoxy groups -OCH3 is 2. The van der Waals surface area contributed by atoms with Crippen LogP contribution in [-0.4, -0.2) is 23.8 Å². The molecule has 96 valence electrons. The number of nitrogen functional groups attached to an aromatic ring is 1. The molecule has 0 aliphatic heterocycles. The first-order valence-corrected chi connectivity index (χ1v) is 6.08. The molecule has 0 fully saturated rings. The van der Waals surface area contributed by atoms with Gasteiger partial charge in [0, 0.05) is 12.6 Å². The van der Waals surface area contributed by atoms with Crippen LogP contribution in [-0.2, 0) is 7.05 Å². The predicted molar refractivity (Wildman–Crippen MR) is 73.9 cm³/mol. The molecule has 0 unspecified atom stereocenters. The summed E-state index contributed by atoms with van der Waals surface area (Å²) < 4.78 is 13.1. The van der Waals surface area contributed by atoms with Gasteiger partial charge in [-0.2, -0.15) is 0 Å². The lowest BCUT2D eigenvalue weighted by Crippen LogP contribution is -2.00. The maximum Gasteiger partial charge on any atom is 0.201 e. The minimum Gasteiger partial charge on any atom is -0.497 e. The van der Waals surface area contributed by atoms with Crippen LogP contribution < -0.4 is 15.2 Å². The number of nitrogens with two attached hydrogens (primary N) is 1. The fourth-order valence-electron chi connectivity index (χ4n) is 1.77. The van der Waals surface area contributed by atoms with Crippen LogP contribution in [0.25, 0.3) is 11.3 Å². The molecule has 0 aliphatic rings. The molecule has 0 saturated carbocycles. The van der Waals surface area contributed by atoms with Gasteiger partial charge in [0.25, 0.3) is 0 Å². The van der Waals surface area contributed by atoms with Gasteiger partial charge in [-0.3, -0.25) is 0 Å². The van der Waals surface area contributed by atoms with Gasteiger partial charge in [-0.15, -0.1) is 0 Å². The van der Waals surface area contributed by atoms with Crippen molar-refractivity contribution in [3.63, 3.8) is 0 Å². The lowest BCUT2D eigenvalue weighted by Gasteiger charge is -2.11. The monoisotopic (exact) mass is 311 g/mol. The molecule has 0 amide bonds. The standard InChI is InChI=1S/C12H14BrN3O2/c1-16-10(11(13)15-12(16)14)8-6-7(17-2)4-5-9(8)18-3/h4-6H,1-3H3,(H2,14,15). The fraction of sp³-hybridized carbons (Fsp3) is 0.250. The van der Waals surface area contributed by atoms with Crippen LogP contribution in [0.5, 0.6) is 11.5 Å². The number of hydrogen-bond acceptors (Lipinski definition) is 4. The molecule has 2 aromatic rings. The molecule has 0 atom stereocenters. The van der Waals surface area contributed by atoms with E-state index >= 15 is 0 Å². The van der Waals surface area contributed by atoms with Crippen LogP contribution in [0, 0.1) is 0 Å². The second-order valence-corrected chi connectivity index (χ2v) is 4.49. The Bertz CT molecular complexity index is 581. The summed E-state index contributed by atoms with van der Waals surface area (Å²) in [5.41, 5.74) is 7.51. The van der Waals surface area contributed by atoms with Crippen LogP contribution in [0.2, 0.25) is 0 Å². The third-order valence-electron chi connectivity index (χ3n) is 2.75. The smallest absolute Gasteiger partial charge is 0.201 e. The summed E-state index contributed by atoms with van der Waals surface area (Å²) in [6.45, 7) is 0. The second kappa shape index (κ2) is 4.89. The number of benzene rings is 1. The first-order valence-electron chi connectivity index (χ1n) is 5.28. The van der Waals surface area contributed by atoms with Gasteiger partial charge in [0.1, 0.15) is 16.1 Å². The van der Waals surface area contributed by atoms with E-state index in [1.165, 1.54) is 0 Å². The van der Waals surface area contributed by atoms with Crippen molar-refractivity contribution in [2.24, 2.45) is 7.05 Å². The Morgan fingerprint density at radius 3 is 2.50 bits per heavy atom. The Kier molecular flexibility index (Phi) is 3.47. The van der Waals surface area contributed by atoms with Crippen molar-refractivity contribution >= 4 is 21.9 Å². The van der Waals surface area contributed by atoms with Gasteiger partial charge >= 0.3 is 0 Å². The van der Waals surface area contributed by atoms with E-state index in [9.17, 15) is 0 Å². The maximum absolute atomic E-state index is 5.79. The summed E-state index contributed by atoms with van der Waals surface area (Å²) in [6.07, 6.45) is 0. The molecule has 0 saturated heterocycles. The van der Waals surface area contributed by atoms with E-state index in [4.69, 9.17) is 15.2 Å². The lowest BCUT2D eigenvalue weighted by molar-refractivity contribution is 0.404. The van der Waals surface area contributed by atoms with Gasteiger partial charge in [0.05, 0.1) is 19.9 Å². The zero-order valence-electron chi connectivity index (χ0n) is 10.4. The molecule has 18 heavy (non-hydrogen) atoms. The van der Waals surface area contributed by atoms with E-state index in [-0.39, 0.29) is 0 Å². The molecule has 0 spiro atoms. The highest BCUT2D eigenvalue weighted by Crippen LogP contribution is 2.37. The minimum absolute atomic E-state index is 0.432. The van der Waals surface area contributed by atoms with Crippen molar-refractivity contribution in [3.05, 3.63) is 22.8 Å². The summed E-state index contributed by atoms with van der Waals surface area (Å²) in [5.74, 6) is 1.92. The van der Waals surface area contributed by atoms with Gasteiger partial charge in [-0.05, 0) is 34.1 Å². The van der Waals surface area contributed by atoms with Gasteiger partial charge in [0.2, 0.25) is 5.95 Å². The topological polar surface area (TPSA) is 62.3 Å². The molecular formula is C12H14BrN3O2. The number of hydrogen-bond donors (Lipinski definition) is 1. The number of nitrogens with zero attached hydrogens (tertiary/aromatic N) is 2. The molecule has 6 heteroatoms. The Hall–Kier alpha value is -1.69. The van der Waals surface area contributed by atoms with Crippen molar-refractivity contribution in [1.29, 1.82) is 0 Å². The Morgan fingerprint density at radius 2 is 2.00 bits per heavy atom. The molecule has 0 radical (unpaired) electrons. The van der Waals surface area contributed by atoms with Gasteiger partial charge < -0.3 is 19.8 Å². The lowest BCUT2D eigenvalue weighted by atomic mass is 10.1. The van der Waals surface area contributed by atoms with E-state index in [1.807, 2.05) is 25.2 Å². The summed E-state index contributed by atoms with van der Waals surface area (Å²) in [7, 11) is 5.10. The molecule has 0 bridgehead atoms. The second-order valence-electron chi connectivity index (χ2n) is 3.73. The van der Waals surface area contributed by atoms with Crippen molar-refractivity contribution in [1.82, 2.24) is 9.55 Å². The number of imidazole rings is 1. The normalized spacial score (nSPS) is 10.4. The van der Waals surface area contributed by atoms with Crippen molar-refractivity contribution in [2.45, 2.75) is 0 Å². The fourth-order valence-corrected chi connectivity index (χ4v) is 2.43. The highest BCUT2D eigenvalue weighted by Gasteiger charge is 2.17. The zero-order chi connectivity index (χ0) is 13.3. The highest BCUT2D eigenvalue weighted by atomic mass is 79.9. The summed E-state index contributed by atoms with van der Waals surface area (Å²) in [5, 5.41) is 0. The van der Waals surface area contributed by atoms with Gasteiger partial charge in [-0.1, -0.05) is 0 Å². The molecule has 5 nitrogen and oxygen atoms in total. The number of halogens is 1. The van der Waals surface area contributed by atoms with Crippen molar-refractivity contribution < 1.29 is 9.47 Å². The van der Waals surface area contributed by atoms with E-state index < -0.39 is 0 Å². The summed E-state index contributed by atoms with van der Waals surface area (Å²) >= 11 is 3.41. The number of anilines is 1. The van der Waals surface area contributed by atoms with Crippen LogP contribution >= 0.6 is 15.9 Å². The number of ether oxygens (including phenoxy) is 2. The van der Waals surface area contributed by atoms with E-state index in [0.717, 1.165) is 22.8 Å². The molecular weight excluding hydrogens is 298 g/mol. The van der Waals surface area contributed by atoms with Crippen LogP contribution in [0.4, 0.5) is 5.95 Å². The summed E-state index contributed by atoms with van der Waals surface area (Å²) in [6, 6.07) is 5.58. The minimum atomic E-state index is 0.432.